The van der Waals surface area contributed by atoms with Gasteiger partial charge in [-0.2, -0.15) is 14.9 Å². The van der Waals surface area contributed by atoms with Crippen molar-refractivity contribution in [3.05, 3.63) is 75.0 Å². The molecule has 1 heterocycles. The standard InChI is InChI=1S/C18H16ClFN4OS/c1-2-25-16-8-5-13(9-15(16)19)11-21-24-17(22-23-18(24)26)10-12-3-6-14(20)7-4-12/h3-9,11H,2,10H2,1H3,(H,23,26)/b21-11-. The second kappa shape index (κ2) is 8.25. The number of halogens is 2. The molecular weight excluding hydrogens is 375 g/mol. The fraction of sp³-hybridized carbons (Fsp3) is 0.167. The van der Waals surface area contributed by atoms with Crippen molar-refractivity contribution in [1.29, 1.82) is 0 Å². The molecule has 0 saturated carbocycles. The predicted octanol–water partition coefficient (Wildman–Crippen LogP) is 4.60. The Kier molecular flexibility index (Phi) is 5.80. The molecular formula is C18H16ClFN4OS. The average molecular weight is 391 g/mol. The second-order valence-corrected chi connectivity index (χ2v) is 6.22. The predicted molar refractivity (Wildman–Crippen MR) is 102 cm³/mol. The van der Waals surface area contributed by atoms with Gasteiger partial charge in [0.1, 0.15) is 11.6 Å². The van der Waals surface area contributed by atoms with Crippen LogP contribution in [-0.4, -0.2) is 27.7 Å². The topological polar surface area (TPSA) is 55.2 Å². The van der Waals surface area contributed by atoms with Crippen LogP contribution in [0.2, 0.25) is 5.02 Å². The number of H-pyrrole nitrogens is 1. The van der Waals surface area contributed by atoms with Crippen LogP contribution < -0.4 is 4.74 Å². The SMILES string of the molecule is CCOc1ccc(/C=N\n2c(Cc3ccc(F)cc3)n[nH]c2=S)cc1Cl. The first-order valence-corrected chi connectivity index (χ1v) is 8.73. The third-order valence-electron chi connectivity index (χ3n) is 3.57. The first kappa shape index (κ1) is 18.3. The zero-order valence-electron chi connectivity index (χ0n) is 13.9. The van der Waals surface area contributed by atoms with Gasteiger partial charge in [-0.3, -0.25) is 5.10 Å². The maximum Gasteiger partial charge on any atom is 0.216 e. The highest BCUT2D eigenvalue weighted by Gasteiger charge is 2.07. The molecule has 0 amide bonds. The number of nitrogens with zero attached hydrogens (tertiary/aromatic N) is 3. The van der Waals surface area contributed by atoms with E-state index in [4.69, 9.17) is 28.6 Å². The molecule has 0 saturated heterocycles. The van der Waals surface area contributed by atoms with E-state index in [0.717, 1.165) is 11.1 Å². The fourth-order valence-corrected chi connectivity index (χ4v) is 2.78. The number of rotatable bonds is 6. The Hall–Kier alpha value is -2.51. The molecule has 0 aliphatic heterocycles. The van der Waals surface area contributed by atoms with Gasteiger partial charge in [-0.25, -0.2) is 4.39 Å². The number of hydrogen-bond donors (Lipinski definition) is 1. The molecule has 3 aromatic rings. The summed E-state index contributed by atoms with van der Waals surface area (Å²) in [5.41, 5.74) is 1.70. The van der Waals surface area contributed by atoms with E-state index in [0.29, 0.717) is 34.4 Å². The summed E-state index contributed by atoms with van der Waals surface area (Å²) in [5.74, 6) is 0.969. The van der Waals surface area contributed by atoms with Crippen LogP contribution in [0.25, 0.3) is 0 Å². The van der Waals surface area contributed by atoms with E-state index in [-0.39, 0.29) is 5.82 Å². The highest BCUT2D eigenvalue weighted by atomic mass is 35.5. The number of nitrogens with one attached hydrogen (secondary N) is 1. The van der Waals surface area contributed by atoms with Gasteiger partial charge in [0.05, 0.1) is 17.8 Å². The van der Waals surface area contributed by atoms with Gasteiger partial charge in [0.25, 0.3) is 0 Å². The van der Waals surface area contributed by atoms with Crippen molar-refractivity contribution >= 4 is 30.0 Å². The highest BCUT2D eigenvalue weighted by Crippen LogP contribution is 2.24. The van der Waals surface area contributed by atoms with Crippen LogP contribution >= 0.6 is 23.8 Å². The molecule has 0 radical (unpaired) electrons. The molecule has 2 aromatic carbocycles. The van der Waals surface area contributed by atoms with Gasteiger partial charge in [0.2, 0.25) is 4.77 Å². The Morgan fingerprint density at radius 2 is 2.08 bits per heavy atom. The molecule has 26 heavy (non-hydrogen) atoms. The van der Waals surface area contributed by atoms with E-state index in [1.807, 2.05) is 13.0 Å². The van der Waals surface area contributed by atoms with Crippen molar-refractivity contribution in [2.45, 2.75) is 13.3 Å². The number of aromatic nitrogens is 3. The van der Waals surface area contributed by atoms with Crippen LogP contribution in [-0.2, 0) is 6.42 Å². The molecule has 0 bridgehead atoms. The van der Waals surface area contributed by atoms with Gasteiger partial charge < -0.3 is 4.74 Å². The average Bonchev–Trinajstić information content (AvgIpc) is 2.97. The molecule has 0 aliphatic carbocycles. The first-order chi connectivity index (χ1) is 12.6. The molecule has 1 N–H and O–H groups in total. The monoisotopic (exact) mass is 390 g/mol. The van der Waals surface area contributed by atoms with Gasteiger partial charge in [0.15, 0.2) is 5.82 Å². The van der Waals surface area contributed by atoms with Crippen molar-refractivity contribution in [1.82, 2.24) is 14.9 Å². The lowest BCUT2D eigenvalue weighted by molar-refractivity contribution is 0.340. The Morgan fingerprint density at radius 1 is 1.31 bits per heavy atom. The third-order valence-corrected chi connectivity index (χ3v) is 4.13. The maximum absolute atomic E-state index is 13.0. The summed E-state index contributed by atoms with van der Waals surface area (Å²) >= 11 is 11.4. The van der Waals surface area contributed by atoms with Crippen molar-refractivity contribution < 1.29 is 9.13 Å². The summed E-state index contributed by atoms with van der Waals surface area (Å²) in [6.45, 7) is 2.44. The highest BCUT2D eigenvalue weighted by molar-refractivity contribution is 7.71. The molecule has 3 rings (SSSR count). The quantitative estimate of drug-likeness (QED) is 0.494. The minimum absolute atomic E-state index is 0.280. The molecule has 1 aromatic heterocycles. The summed E-state index contributed by atoms with van der Waals surface area (Å²) in [5, 5.41) is 11.8. The fourth-order valence-electron chi connectivity index (χ4n) is 2.34. The Bertz CT molecular complexity index is 982. The molecule has 8 heteroatoms. The van der Waals surface area contributed by atoms with Crippen LogP contribution in [0.15, 0.2) is 47.6 Å². The van der Waals surface area contributed by atoms with E-state index in [1.54, 1.807) is 30.5 Å². The number of benzene rings is 2. The van der Waals surface area contributed by atoms with Gasteiger partial charge in [-0.1, -0.05) is 23.7 Å². The van der Waals surface area contributed by atoms with Crippen molar-refractivity contribution in [3.8, 4) is 5.75 Å². The summed E-state index contributed by atoms with van der Waals surface area (Å²) < 4.78 is 20.4. The largest absolute Gasteiger partial charge is 0.492 e. The zero-order chi connectivity index (χ0) is 18.5. The van der Waals surface area contributed by atoms with Gasteiger partial charge >= 0.3 is 0 Å². The molecule has 0 fully saturated rings. The van der Waals surface area contributed by atoms with Crippen molar-refractivity contribution in [2.24, 2.45) is 5.10 Å². The molecule has 0 atom stereocenters. The normalized spacial score (nSPS) is 11.2. The lowest BCUT2D eigenvalue weighted by Crippen LogP contribution is -2.00. The van der Waals surface area contributed by atoms with Crippen LogP contribution in [0.1, 0.15) is 23.9 Å². The second-order valence-electron chi connectivity index (χ2n) is 5.43. The lowest BCUT2D eigenvalue weighted by atomic mass is 10.1. The Labute approximate surface area is 160 Å². The van der Waals surface area contributed by atoms with E-state index >= 15 is 0 Å². The Morgan fingerprint density at radius 3 is 2.77 bits per heavy atom. The minimum Gasteiger partial charge on any atom is -0.492 e. The van der Waals surface area contributed by atoms with Crippen molar-refractivity contribution in [2.75, 3.05) is 6.61 Å². The first-order valence-electron chi connectivity index (χ1n) is 7.94. The van der Waals surface area contributed by atoms with E-state index in [9.17, 15) is 4.39 Å². The van der Waals surface area contributed by atoms with Crippen LogP contribution in [0.5, 0.6) is 5.75 Å². The lowest BCUT2D eigenvalue weighted by Gasteiger charge is -2.05. The third kappa shape index (κ3) is 4.36. The number of aromatic amines is 1. The van der Waals surface area contributed by atoms with Gasteiger partial charge in [-0.15, -0.1) is 0 Å². The smallest absolute Gasteiger partial charge is 0.216 e. The molecule has 0 unspecified atom stereocenters. The molecule has 134 valence electrons. The Balaban J connectivity index is 1.82. The zero-order valence-corrected chi connectivity index (χ0v) is 15.5. The number of ether oxygens (including phenoxy) is 1. The van der Waals surface area contributed by atoms with E-state index in [1.165, 1.54) is 16.8 Å². The van der Waals surface area contributed by atoms with Crippen molar-refractivity contribution in [3.63, 3.8) is 0 Å². The summed E-state index contributed by atoms with van der Waals surface area (Å²) in [6.07, 6.45) is 2.11. The molecule has 5 nitrogen and oxygen atoms in total. The van der Waals surface area contributed by atoms with E-state index < -0.39 is 0 Å². The van der Waals surface area contributed by atoms with Crippen LogP contribution in [0.4, 0.5) is 4.39 Å². The van der Waals surface area contributed by atoms with Crippen LogP contribution in [0.3, 0.4) is 0 Å². The van der Waals surface area contributed by atoms with Gasteiger partial charge in [-0.05, 0) is 60.6 Å². The molecule has 0 spiro atoms. The maximum atomic E-state index is 13.0. The van der Waals surface area contributed by atoms with Gasteiger partial charge in [0, 0.05) is 6.42 Å². The summed E-state index contributed by atoms with van der Waals surface area (Å²) in [7, 11) is 0. The number of hydrogen-bond acceptors (Lipinski definition) is 4. The summed E-state index contributed by atoms with van der Waals surface area (Å²) in [4.78, 5) is 0. The minimum atomic E-state index is -0.280. The van der Waals surface area contributed by atoms with Crippen LogP contribution in [0, 0.1) is 10.6 Å². The molecule has 0 aliphatic rings. The van der Waals surface area contributed by atoms with E-state index in [2.05, 4.69) is 15.3 Å². The summed E-state index contributed by atoms with van der Waals surface area (Å²) in [6, 6.07) is 11.6.